The van der Waals surface area contributed by atoms with Crippen LogP contribution in [0.4, 0.5) is 17.1 Å². The second-order valence-corrected chi connectivity index (χ2v) is 15.7. The molecule has 0 amide bonds. The zero-order chi connectivity index (χ0) is 34.4. The highest BCUT2D eigenvalue weighted by Gasteiger charge is 2.55. The van der Waals surface area contributed by atoms with Crippen molar-refractivity contribution in [3.8, 4) is 16.8 Å². The van der Waals surface area contributed by atoms with E-state index in [1.165, 1.54) is 98.6 Å². The third-order valence-corrected chi connectivity index (χ3v) is 13.2. The second kappa shape index (κ2) is 11.5. The Kier molecular flexibility index (Phi) is 6.62. The summed E-state index contributed by atoms with van der Waals surface area (Å²) in [7, 11) is 0. The van der Waals surface area contributed by atoms with Crippen LogP contribution >= 0.6 is 0 Å². The van der Waals surface area contributed by atoms with Gasteiger partial charge >= 0.3 is 0 Å². The van der Waals surface area contributed by atoms with Crippen molar-refractivity contribution in [1.82, 2.24) is 4.57 Å². The van der Waals surface area contributed by atoms with E-state index in [2.05, 4.69) is 174 Å². The Morgan fingerprint density at radius 2 is 1.21 bits per heavy atom. The molecule has 4 atom stereocenters. The predicted molar refractivity (Wildman–Crippen MR) is 218 cm³/mol. The quantitative estimate of drug-likeness (QED) is 0.181. The molecule has 1 aromatic heterocycles. The lowest BCUT2D eigenvalue weighted by Crippen LogP contribution is -2.48. The van der Waals surface area contributed by atoms with Crippen LogP contribution in [0.1, 0.15) is 50.2 Å². The largest absolute Gasteiger partial charge is 0.310 e. The zero-order valence-corrected chi connectivity index (χ0v) is 29.7. The number of anilines is 3. The lowest BCUT2D eigenvalue weighted by molar-refractivity contribution is 0.0670. The highest BCUT2D eigenvalue weighted by molar-refractivity contribution is 6.09. The van der Waals surface area contributed by atoms with Crippen molar-refractivity contribution in [3.05, 3.63) is 169 Å². The first-order valence-corrected chi connectivity index (χ1v) is 19.3. The smallest absolute Gasteiger partial charge is 0.0541 e. The topological polar surface area (TPSA) is 8.17 Å². The molecule has 52 heavy (non-hydrogen) atoms. The van der Waals surface area contributed by atoms with E-state index in [1.807, 2.05) is 0 Å². The molecule has 252 valence electrons. The van der Waals surface area contributed by atoms with Crippen molar-refractivity contribution in [3.63, 3.8) is 0 Å². The van der Waals surface area contributed by atoms with Gasteiger partial charge in [-0.3, -0.25) is 0 Å². The van der Waals surface area contributed by atoms with Gasteiger partial charge in [0.2, 0.25) is 0 Å². The monoisotopic (exact) mass is 670 g/mol. The lowest BCUT2D eigenvalue weighted by Gasteiger charge is -2.53. The summed E-state index contributed by atoms with van der Waals surface area (Å²) in [5, 5.41) is 5.09. The minimum Gasteiger partial charge on any atom is -0.310 e. The van der Waals surface area contributed by atoms with Crippen LogP contribution in [0.2, 0.25) is 0 Å². The maximum atomic E-state index is 2.60. The Bertz CT molecular complexity index is 2600. The van der Waals surface area contributed by atoms with Crippen LogP contribution in [0.15, 0.2) is 158 Å². The number of hydrogen-bond donors (Lipinski definition) is 0. The van der Waals surface area contributed by atoms with Gasteiger partial charge in [-0.25, -0.2) is 0 Å². The highest BCUT2D eigenvalue weighted by Crippen LogP contribution is 2.64. The van der Waals surface area contributed by atoms with Gasteiger partial charge in [-0.05, 0) is 119 Å². The van der Waals surface area contributed by atoms with E-state index in [0.29, 0.717) is 11.8 Å². The maximum Gasteiger partial charge on any atom is 0.0541 e. The molecule has 2 heteroatoms. The lowest BCUT2D eigenvalue weighted by atomic mass is 9.51. The molecule has 1 spiro atoms. The number of aromatic nitrogens is 1. The Morgan fingerprint density at radius 3 is 2.02 bits per heavy atom. The summed E-state index contributed by atoms with van der Waals surface area (Å²) in [6, 6.07) is 59.2. The SMILES string of the molecule is CC1CC2CCCC(C2)C12c1ccccc1-c1ccc(N(c3ccc(-n4c5ccccc5c5ccccc54)cc3)c3cccc4ccccc34)cc12. The molecular formula is C50H42N2. The second-order valence-electron chi connectivity index (χ2n) is 15.7. The van der Waals surface area contributed by atoms with Crippen LogP contribution in [0.25, 0.3) is 49.4 Å². The van der Waals surface area contributed by atoms with Crippen LogP contribution in [0.5, 0.6) is 0 Å². The summed E-state index contributed by atoms with van der Waals surface area (Å²) in [6.07, 6.45) is 6.79. The van der Waals surface area contributed by atoms with Crippen LogP contribution < -0.4 is 4.90 Å². The summed E-state index contributed by atoms with van der Waals surface area (Å²) >= 11 is 0. The maximum absolute atomic E-state index is 2.60. The fourth-order valence-corrected chi connectivity index (χ4v) is 11.2. The van der Waals surface area contributed by atoms with E-state index in [0.717, 1.165) is 5.92 Å². The number of hydrogen-bond acceptors (Lipinski definition) is 1. The Morgan fingerprint density at radius 1 is 0.558 bits per heavy atom. The predicted octanol–water partition coefficient (Wildman–Crippen LogP) is 13.5. The first kappa shape index (κ1) is 30.1. The molecule has 2 fully saturated rings. The van der Waals surface area contributed by atoms with E-state index in [4.69, 9.17) is 0 Å². The van der Waals surface area contributed by atoms with E-state index in [9.17, 15) is 0 Å². The van der Waals surface area contributed by atoms with Crippen LogP contribution in [0, 0.1) is 17.8 Å². The van der Waals surface area contributed by atoms with E-state index >= 15 is 0 Å². The van der Waals surface area contributed by atoms with Crippen molar-refractivity contribution in [2.45, 2.75) is 44.4 Å². The molecule has 0 radical (unpaired) electrons. The molecule has 3 aliphatic carbocycles. The number of rotatable bonds is 4. The summed E-state index contributed by atoms with van der Waals surface area (Å²) < 4.78 is 2.41. The molecule has 0 saturated heterocycles. The van der Waals surface area contributed by atoms with Crippen molar-refractivity contribution < 1.29 is 0 Å². The third kappa shape index (κ3) is 4.18. The van der Waals surface area contributed by atoms with Crippen LogP contribution in [0.3, 0.4) is 0 Å². The average molecular weight is 671 g/mol. The highest BCUT2D eigenvalue weighted by atomic mass is 15.1. The van der Waals surface area contributed by atoms with Crippen molar-refractivity contribution in [2.24, 2.45) is 17.8 Å². The molecule has 2 saturated carbocycles. The molecule has 11 rings (SSSR count). The molecule has 2 nitrogen and oxygen atoms in total. The van der Waals surface area contributed by atoms with E-state index in [1.54, 1.807) is 11.1 Å². The van der Waals surface area contributed by atoms with Gasteiger partial charge in [-0.2, -0.15) is 0 Å². The molecular weight excluding hydrogens is 629 g/mol. The van der Waals surface area contributed by atoms with Crippen molar-refractivity contribution >= 4 is 49.6 Å². The Balaban J connectivity index is 1.12. The molecule has 4 unspecified atom stereocenters. The van der Waals surface area contributed by atoms with E-state index in [-0.39, 0.29) is 5.41 Å². The minimum atomic E-state index is 0.0592. The minimum absolute atomic E-state index is 0.0592. The van der Waals surface area contributed by atoms with Gasteiger partial charge in [0, 0.05) is 38.6 Å². The molecule has 0 aliphatic heterocycles. The van der Waals surface area contributed by atoms with Crippen molar-refractivity contribution in [1.29, 1.82) is 0 Å². The Hall–Kier alpha value is -5.60. The van der Waals surface area contributed by atoms with Gasteiger partial charge in [-0.1, -0.05) is 123 Å². The van der Waals surface area contributed by atoms with E-state index < -0.39 is 0 Å². The number of benzene rings is 7. The normalized spacial score (nSPS) is 21.8. The fourth-order valence-electron chi connectivity index (χ4n) is 11.2. The van der Waals surface area contributed by atoms with Gasteiger partial charge < -0.3 is 9.47 Å². The summed E-state index contributed by atoms with van der Waals surface area (Å²) in [5.74, 6) is 2.16. The third-order valence-electron chi connectivity index (χ3n) is 13.2. The molecule has 3 aliphatic rings. The summed E-state index contributed by atoms with van der Waals surface area (Å²) in [5.41, 5.74) is 13.3. The van der Waals surface area contributed by atoms with Crippen LogP contribution in [-0.4, -0.2) is 4.57 Å². The van der Waals surface area contributed by atoms with Gasteiger partial charge in [0.25, 0.3) is 0 Å². The summed E-state index contributed by atoms with van der Waals surface area (Å²) in [4.78, 5) is 2.52. The van der Waals surface area contributed by atoms with Gasteiger partial charge in [0.15, 0.2) is 0 Å². The molecule has 8 aromatic rings. The number of para-hydroxylation sites is 2. The molecule has 0 N–H and O–H groups in total. The first-order chi connectivity index (χ1) is 25.7. The van der Waals surface area contributed by atoms with Crippen LogP contribution in [-0.2, 0) is 5.41 Å². The van der Waals surface area contributed by atoms with Crippen molar-refractivity contribution in [2.75, 3.05) is 4.90 Å². The molecule has 2 bridgehead atoms. The summed E-state index contributed by atoms with van der Waals surface area (Å²) in [6.45, 7) is 2.57. The fraction of sp³-hybridized carbons (Fsp3) is 0.200. The molecule has 1 heterocycles. The zero-order valence-electron chi connectivity index (χ0n) is 29.7. The first-order valence-electron chi connectivity index (χ1n) is 19.3. The standard InChI is InChI=1S/C50H42N2/c1-33-30-34-12-10-15-36(31-34)50(33)45-20-7-4-17-41(45)42-29-28-39(32-46(42)50)51(47-23-11-14-35-13-2-3-16-40(35)47)37-24-26-38(27-25-37)52-48-21-8-5-18-43(48)44-19-6-9-22-49(44)52/h2-9,11,13-14,16-29,32-34,36H,10,12,15,30-31H2,1H3. The number of nitrogens with zero attached hydrogens (tertiary/aromatic N) is 2. The number of fused-ring (bicyclic) bond motifs is 12. The average Bonchev–Trinajstić information content (AvgIpc) is 3.69. The Labute approximate surface area is 306 Å². The van der Waals surface area contributed by atoms with Gasteiger partial charge in [0.1, 0.15) is 0 Å². The van der Waals surface area contributed by atoms with Gasteiger partial charge in [-0.15, -0.1) is 0 Å². The molecule has 7 aromatic carbocycles. The van der Waals surface area contributed by atoms with Gasteiger partial charge in [0.05, 0.1) is 16.7 Å².